The number of hydrogen-bond donors (Lipinski definition) is 1. The summed E-state index contributed by atoms with van der Waals surface area (Å²) in [6.07, 6.45) is 5.87. The number of rotatable bonds is 4. The van der Waals surface area contributed by atoms with Crippen molar-refractivity contribution in [3.8, 4) is 6.07 Å². The zero-order valence-electron chi connectivity index (χ0n) is 22.3. The molecular formula is C31H35N5O. The number of hydrogen-bond acceptors (Lipinski definition) is 5. The van der Waals surface area contributed by atoms with Crippen molar-refractivity contribution in [2.24, 2.45) is 4.99 Å². The van der Waals surface area contributed by atoms with Crippen LogP contribution in [0, 0.1) is 11.3 Å². The van der Waals surface area contributed by atoms with Gasteiger partial charge in [-0.25, -0.2) is 0 Å². The third-order valence-electron chi connectivity index (χ3n) is 9.09. The van der Waals surface area contributed by atoms with E-state index in [0.717, 1.165) is 90.7 Å². The molecule has 1 aliphatic heterocycles. The lowest BCUT2D eigenvalue weighted by molar-refractivity contribution is 0.0598. The van der Waals surface area contributed by atoms with Gasteiger partial charge < -0.3 is 9.88 Å². The minimum Gasteiger partial charge on any atom is -0.369 e. The van der Waals surface area contributed by atoms with Crippen LogP contribution < -0.4 is 4.90 Å². The van der Waals surface area contributed by atoms with E-state index in [9.17, 15) is 10.1 Å². The SMILES string of the molecule is CCc1cc2c(cc1N1CCN(C3(C#N)CCC3)CC1)C(C)(C)c1[nH]c3cc(/C=N\C)ccc3c1C2=O. The molecule has 6 rings (SSSR count). The number of H-pyrrole nitrogens is 1. The van der Waals surface area contributed by atoms with Crippen molar-refractivity contribution in [3.05, 3.63) is 63.8 Å². The Labute approximate surface area is 219 Å². The van der Waals surface area contributed by atoms with Crippen LogP contribution in [0.2, 0.25) is 0 Å². The molecular weight excluding hydrogens is 458 g/mol. The smallest absolute Gasteiger partial charge is 0.195 e. The van der Waals surface area contributed by atoms with Gasteiger partial charge in [-0.05, 0) is 60.6 Å². The quantitative estimate of drug-likeness (QED) is 0.506. The second-order valence-electron chi connectivity index (χ2n) is 11.4. The van der Waals surface area contributed by atoms with Crippen LogP contribution in [0.3, 0.4) is 0 Å². The molecule has 2 aromatic carbocycles. The highest BCUT2D eigenvalue weighted by Crippen LogP contribution is 2.46. The Morgan fingerprint density at radius 3 is 2.51 bits per heavy atom. The van der Waals surface area contributed by atoms with Crippen molar-refractivity contribution < 1.29 is 4.79 Å². The second-order valence-corrected chi connectivity index (χ2v) is 11.4. The van der Waals surface area contributed by atoms with Crippen LogP contribution in [0.1, 0.15) is 78.3 Å². The first-order chi connectivity index (χ1) is 17.8. The van der Waals surface area contributed by atoms with Crippen LogP contribution in [0.15, 0.2) is 35.3 Å². The molecule has 0 bridgehead atoms. The molecule has 190 valence electrons. The number of ketones is 1. The lowest BCUT2D eigenvalue weighted by atomic mass is 9.70. The number of nitriles is 1. The van der Waals surface area contributed by atoms with Crippen molar-refractivity contribution in [2.45, 2.75) is 57.4 Å². The third kappa shape index (κ3) is 3.48. The number of nitrogens with one attached hydrogen (secondary N) is 1. The van der Waals surface area contributed by atoms with Crippen molar-refractivity contribution in [1.29, 1.82) is 5.26 Å². The minimum absolute atomic E-state index is 0.111. The van der Waals surface area contributed by atoms with Crippen LogP contribution in [0.25, 0.3) is 10.9 Å². The van der Waals surface area contributed by atoms with Gasteiger partial charge in [-0.1, -0.05) is 32.9 Å². The van der Waals surface area contributed by atoms with Gasteiger partial charge in [0.05, 0.1) is 11.6 Å². The van der Waals surface area contributed by atoms with Crippen LogP contribution in [-0.2, 0) is 11.8 Å². The first-order valence-electron chi connectivity index (χ1n) is 13.5. The summed E-state index contributed by atoms with van der Waals surface area (Å²) in [4.78, 5) is 26.6. The number of aliphatic imine (C=N–C) groups is 1. The zero-order valence-corrected chi connectivity index (χ0v) is 22.3. The monoisotopic (exact) mass is 493 g/mol. The van der Waals surface area contributed by atoms with Gasteiger partial charge in [0, 0.05) is 72.7 Å². The topological polar surface area (TPSA) is 75.5 Å². The van der Waals surface area contributed by atoms with Crippen LogP contribution in [-0.4, -0.2) is 60.6 Å². The predicted octanol–water partition coefficient (Wildman–Crippen LogP) is 5.22. The Balaban J connectivity index is 1.39. The first kappa shape index (κ1) is 23.9. The molecule has 1 aromatic heterocycles. The summed E-state index contributed by atoms with van der Waals surface area (Å²) in [5, 5.41) is 10.8. The second kappa shape index (κ2) is 8.56. The summed E-state index contributed by atoms with van der Waals surface area (Å²) in [6.45, 7) is 10.2. The highest BCUT2D eigenvalue weighted by atomic mass is 16.1. The molecule has 0 radical (unpaired) electrons. The number of benzene rings is 2. The Kier molecular flexibility index (Phi) is 5.54. The molecule has 3 aromatic rings. The molecule has 37 heavy (non-hydrogen) atoms. The van der Waals surface area contributed by atoms with Crippen molar-refractivity contribution in [2.75, 3.05) is 38.1 Å². The molecule has 2 aliphatic carbocycles. The number of piperazine rings is 1. The van der Waals surface area contributed by atoms with Crippen molar-refractivity contribution >= 4 is 28.6 Å². The summed E-state index contributed by atoms with van der Waals surface area (Å²) in [5.41, 5.74) is 7.60. The molecule has 1 saturated carbocycles. The summed E-state index contributed by atoms with van der Waals surface area (Å²) >= 11 is 0. The average Bonchev–Trinajstić information content (AvgIpc) is 3.27. The van der Waals surface area contributed by atoms with Crippen LogP contribution in [0.5, 0.6) is 0 Å². The average molecular weight is 494 g/mol. The number of aromatic nitrogens is 1. The maximum atomic E-state index is 14.0. The van der Waals surface area contributed by atoms with E-state index in [1.807, 2.05) is 18.3 Å². The summed E-state index contributed by atoms with van der Waals surface area (Å²) < 4.78 is 0. The van der Waals surface area contributed by atoms with E-state index in [-0.39, 0.29) is 16.7 Å². The maximum Gasteiger partial charge on any atom is 0.195 e. The highest BCUT2D eigenvalue weighted by Gasteiger charge is 2.44. The Hall–Kier alpha value is -3.43. The van der Waals surface area contributed by atoms with E-state index in [0.29, 0.717) is 0 Å². The van der Waals surface area contributed by atoms with Gasteiger partial charge in [0.1, 0.15) is 5.54 Å². The van der Waals surface area contributed by atoms with Gasteiger partial charge in [-0.15, -0.1) is 0 Å². The predicted molar refractivity (Wildman–Crippen MR) is 149 cm³/mol. The van der Waals surface area contributed by atoms with E-state index < -0.39 is 0 Å². The minimum atomic E-state index is -0.337. The van der Waals surface area contributed by atoms with E-state index >= 15 is 0 Å². The number of fused-ring (bicyclic) bond motifs is 4. The fourth-order valence-electron chi connectivity index (χ4n) is 6.72. The normalized spacial score (nSPS) is 20.5. The number of carbonyl (C=O) groups is 1. The van der Waals surface area contributed by atoms with E-state index in [4.69, 9.17) is 0 Å². The van der Waals surface area contributed by atoms with E-state index in [1.54, 1.807) is 7.05 Å². The lowest BCUT2D eigenvalue weighted by Crippen LogP contribution is -2.59. The lowest BCUT2D eigenvalue weighted by Gasteiger charge is -2.49. The van der Waals surface area contributed by atoms with Crippen LogP contribution >= 0.6 is 0 Å². The van der Waals surface area contributed by atoms with Gasteiger partial charge >= 0.3 is 0 Å². The molecule has 1 N–H and O–H groups in total. The van der Waals surface area contributed by atoms with Gasteiger partial charge in [0.2, 0.25) is 0 Å². The summed E-state index contributed by atoms with van der Waals surface area (Å²) in [5.74, 6) is 0.111. The summed E-state index contributed by atoms with van der Waals surface area (Å²) in [6, 6.07) is 13.2. The molecule has 6 nitrogen and oxygen atoms in total. The fraction of sp³-hybridized carbons (Fsp3) is 0.452. The molecule has 0 spiro atoms. The standard InChI is InChI=1S/C31H35N5O/c1-5-21-16-23-24(17-26(21)35-11-13-36(14-12-35)31(19-32)9-6-10-31)30(2,3)29-27(28(23)37)22-8-7-20(18-33-4)15-25(22)34-29/h7-8,15-18,34H,5-6,9-14H2,1-4H3/b33-18-. The Morgan fingerprint density at radius 2 is 1.89 bits per heavy atom. The first-order valence-corrected chi connectivity index (χ1v) is 13.5. The van der Waals surface area contributed by atoms with Gasteiger partial charge in [0.15, 0.2) is 5.78 Å². The van der Waals surface area contributed by atoms with Crippen molar-refractivity contribution in [3.63, 3.8) is 0 Å². The van der Waals surface area contributed by atoms with Gasteiger partial charge in [0.25, 0.3) is 0 Å². The fourth-order valence-corrected chi connectivity index (χ4v) is 6.72. The number of aryl methyl sites for hydroxylation is 1. The number of aromatic amines is 1. The molecule has 3 aliphatic rings. The molecule has 0 amide bonds. The number of nitrogens with zero attached hydrogens (tertiary/aromatic N) is 4. The number of anilines is 1. The number of carbonyl (C=O) groups excluding carboxylic acids is 1. The highest BCUT2D eigenvalue weighted by molar-refractivity contribution is 6.20. The molecule has 6 heteroatoms. The molecule has 2 heterocycles. The Morgan fingerprint density at radius 1 is 1.14 bits per heavy atom. The maximum absolute atomic E-state index is 14.0. The molecule has 0 unspecified atom stereocenters. The third-order valence-corrected chi connectivity index (χ3v) is 9.09. The van der Waals surface area contributed by atoms with Crippen LogP contribution in [0.4, 0.5) is 5.69 Å². The molecule has 1 saturated heterocycles. The molecule has 0 atom stereocenters. The van der Waals surface area contributed by atoms with E-state index in [2.05, 4.69) is 64.8 Å². The van der Waals surface area contributed by atoms with Gasteiger partial charge in [-0.3, -0.25) is 14.7 Å². The summed E-state index contributed by atoms with van der Waals surface area (Å²) in [7, 11) is 1.77. The van der Waals surface area contributed by atoms with E-state index in [1.165, 1.54) is 11.3 Å². The molecule has 2 fully saturated rings. The van der Waals surface area contributed by atoms with Gasteiger partial charge in [-0.2, -0.15) is 5.26 Å². The largest absolute Gasteiger partial charge is 0.369 e. The Bertz CT molecular complexity index is 1480. The van der Waals surface area contributed by atoms with Crippen molar-refractivity contribution in [1.82, 2.24) is 9.88 Å². The zero-order chi connectivity index (χ0) is 25.9.